The number of ether oxygens (including phenoxy) is 2. The first-order chi connectivity index (χ1) is 20.9. The van der Waals surface area contributed by atoms with E-state index in [1.807, 2.05) is 46.0 Å². The van der Waals surface area contributed by atoms with Gasteiger partial charge in [0, 0.05) is 75.2 Å². The van der Waals surface area contributed by atoms with Crippen LogP contribution in [0.2, 0.25) is 0 Å². The molecule has 5 heterocycles. The van der Waals surface area contributed by atoms with Gasteiger partial charge in [0.25, 0.3) is 0 Å². The van der Waals surface area contributed by atoms with E-state index >= 15 is 0 Å². The molecule has 10 heteroatoms. The molecule has 2 atom stereocenters. The monoisotopic (exact) mass is 584 g/mol. The van der Waals surface area contributed by atoms with Crippen LogP contribution in [0.3, 0.4) is 0 Å². The number of pyridine rings is 2. The molecule has 0 spiro atoms. The fourth-order valence-corrected chi connectivity index (χ4v) is 6.44. The molecule has 0 radical (unpaired) electrons. The lowest BCUT2D eigenvalue weighted by Gasteiger charge is -2.49. The van der Waals surface area contributed by atoms with E-state index in [1.165, 1.54) is 5.56 Å². The first-order valence-corrected chi connectivity index (χ1v) is 15.0. The Hall–Kier alpha value is -3.94. The van der Waals surface area contributed by atoms with E-state index in [9.17, 15) is 10.1 Å². The van der Waals surface area contributed by atoms with Crippen molar-refractivity contribution in [2.45, 2.75) is 63.9 Å². The van der Waals surface area contributed by atoms with Crippen LogP contribution in [-0.2, 0) is 9.47 Å². The molecule has 0 saturated carbocycles. The largest absolute Gasteiger partial charge is 0.444 e. The number of nitrogens with one attached hydrogen (secondary N) is 1. The predicted octanol–water partition coefficient (Wildman–Crippen LogP) is 4.30. The Morgan fingerprint density at radius 1 is 1.16 bits per heavy atom. The third-order valence-electron chi connectivity index (χ3n) is 8.35. The van der Waals surface area contributed by atoms with Gasteiger partial charge in [0.2, 0.25) is 0 Å². The van der Waals surface area contributed by atoms with Crippen LogP contribution in [0.1, 0.15) is 53.0 Å². The number of amides is 1. The Morgan fingerprint density at radius 2 is 1.95 bits per heavy atom. The predicted molar refractivity (Wildman–Crippen MR) is 166 cm³/mol. The van der Waals surface area contributed by atoms with E-state index in [2.05, 4.69) is 50.1 Å². The lowest BCUT2D eigenvalue weighted by molar-refractivity contribution is -0.0435. The van der Waals surface area contributed by atoms with Gasteiger partial charge in [0.05, 0.1) is 30.2 Å². The number of anilines is 2. The highest BCUT2D eigenvalue weighted by atomic mass is 16.6. The van der Waals surface area contributed by atoms with E-state index in [0.29, 0.717) is 30.1 Å². The minimum Gasteiger partial charge on any atom is -0.444 e. The maximum absolute atomic E-state index is 12.2. The van der Waals surface area contributed by atoms with Crippen LogP contribution in [0.15, 0.2) is 48.8 Å². The van der Waals surface area contributed by atoms with Gasteiger partial charge in [-0.2, -0.15) is 5.26 Å². The highest BCUT2D eigenvalue weighted by molar-refractivity contribution is 5.95. The second-order valence-electron chi connectivity index (χ2n) is 13.5. The van der Waals surface area contributed by atoms with Crippen molar-refractivity contribution in [1.29, 1.82) is 5.26 Å². The van der Waals surface area contributed by atoms with Gasteiger partial charge in [-0.25, -0.2) is 9.78 Å². The lowest BCUT2D eigenvalue weighted by Crippen LogP contribution is -2.69. The molecule has 3 aliphatic heterocycles. The molecular formula is C33H41N7O3. The first kappa shape index (κ1) is 27.9. The summed E-state index contributed by atoms with van der Waals surface area (Å²) < 4.78 is 19.7. The van der Waals surface area contributed by atoms with Gasteiger partial charge < -0.3 is 24.6 Å². The van der Waals surface area contributed by atoms with Crippen molar-refractivity contribution in [2.24, 2.45) is 0 Å². The molecule has 1 aromatic carbocycles. The van der Waals surface area contributed by atoms with Crippen LogP contribution in [0.25, 0.3) is 10.9 Å². The number of nitriles is 1. The zero-order valence-electron chi connectivity index (χ0n) is 26.6. The summed E-state index contributed by atoms with van der Waals surface area (Å²) in [7, 11) is 0. The van der Waals surface area contributed by atoms with Crippen molar-refractivity contribution in [2.75, 3.05) is 55.6 Å². The third kappa shape index (κ3) is 6.38. The molecule has 1 N–H and O–H groups in total. The molecule has 2 aromatic heterocycles. The van der Waals surface area contributed by atoms with Crippen LogP contribution in [0.4, 0.5) is 16.3 Å². The number of likely N-dealkylation sites (tertiary alicyclic amines) is 1. The molecule has 226 valence electrons. The van der Waals surface area contributed by atoms with Crippen LogP contribution < -0.4 is 15.1 Å². The number of benzene rings is 1. The van der Waals surface area contributed by atoms with Crippen molar-refractivity contribution >= 4 is 28.5 Å². The van der Waals surface area contributed by atoms with Crippen LogP contribution >= 0.6 is 0 Å². The smallest absolute Gasteiger partial charge is 0.408 e. The topological polar surface area (TPSA) is 107 Å². The molecule has 6 rings (SSSR count). The summed E-state index contributed by atoms with van der Waals surface area (Å²) in [5, 5.41) is 13.5. The van der Waals surface area contributed by atoms with Crippen molar-refractivity contribution in [1.82, 2.24) is 20.2 Å². The first-order valence-electron chi connectivity index (χ1n) is 15.5. The number of carbonyl (C=O) groups is 1. The summed E-state index contributed by atoms with van der Waals surface area (Å²) in [6.45, 7) is 15.4. The van der Waals surface area contributed by atoms with E-state index in [-0.39, 0.29) is 30.0 Å². The quantitative estimate of drug-likeness (QED) is 0.454. The number of aromatic nitrogens is 2. The molecule has 1 amide bonds. The van der Waals surface area contributed by atoms with E-state index in [4.69, 9.17) is 15.8 Å². The highest BCUT2D eigenvalue weighted by Crippen LogP contribution is 2.33. The summed E-state index contributed by atoms with van der Waals surface area (Å²) >= 11 is 0. The summed E-state index contributed by atoms with van der Waals surface area (Å²) in [5.74, 6) is 1.36. The van der Waals surface area contributed by atoms with Crippen LogP contribution in [-0.4, -0.2) is 90.1 Å². The Labute approximate surface area is 255 Å². The van der Waals surface area contributed by atoms with E-state index in [0.717, 1.165) is 49.6 Å². The fourth-order valence-electron chi connectivity index (χ4n) is 6.44. The molecule has 0 unspecified atom stereocenters. The van der Waals surface area contributed by atoms with E-state index < -0.39 is 5.60 Å². The van der Waals surface area contributed by atoms with Crippen molar-refractivity contribution in [3.63, 3.8) is 0 Å². The van der Waals surface area contributed by atoms with Crippen LogP contribution in [0, 0.1) is 11.3 Å². The number of rotatable bonds is 6. The summed E-state index contributed by atoms with van der Waals surface area (Å²) in [5.41, 5.74) is 2.49. The number of hydrogen-bond donors (Lipinski definition) is 1. The number of hydrogen-bond acceptors (Lipinski definition) is 9. The van der Waals surface area contributed by atoms with Crippen molar-refractivity contribution < 1.29 is 15.6 Å². The molecular weight excluding hydrogens is 542 g/mol. The molecule has 3 saturated heterocycles. The second kappa shape index (κ2) is 11.3. The highest BCUT2D eigenvalue weighted by Gasteiger charge is 2.42. The summed E-state index contributed by atoms with van der Waals surface area (Å²) in [6, 6.07) is 13.8. The number of carbonyl (C=O) groups excluding carboxylic acids is 1. The molecule has 3 aliphatic rings. The fraction of sp³-hybridized carbons (Fsp3) is 0.515. The van der Waals surface area contributed by atoms with Gasteiger partial charge in [-0.15, -0.1) is 0 Å². The molecule has 3 aromatic rings. The molecule has 10 nitrogen and oxygen atoms in total. The second-order valence-corrected chi connectivity index (χ2v) is 13.5. The lowest BCUT2D eigenvalue weighted by atomic mass is 9.91. The number of morpholine rings is 1. The number of nitrogens with zero attached hydrogens (tertiary/aromatic N) is 6. The summed E-state index contributed by atoms with van der Waals surface area (Å²) in [4.78, 5) is 28.2. The zero-order valence-corrected chi connectivity index (χ0v) is 25.6. The van der Waals surface area contributed by atoms with Gasteiger partial charge in [-0.3, -0.25) is 9.88 Å². The number of fused-ring (bicyclic) bond motifs is 1. The standard InChI is InChI=1S/C33H41N7O3/c1-22-15-39(28-10-8-23(13-34)30-27(28)7-6-12-35-30)19-26(42-22)18-38-16-25(17-38)24-9-11-29(36-14-24)40-20-33(5,21-40)37-31(41)43-32(2,3)4/h6-12,14,22,25-26H,15-21H2,1-5H3,(H,37,41)/t22-,26+/m1/s1/i12D. The average molecular weight is 585 g/mol. The molecule has 43 heavy (non-hydrogen) atoms. The Bertz CT molecular complexity index is 1570. The average Bonchev–Trinajstić information content (AvgIpc) is 2.91. The van der Waals surface area contributed by atoms with E-state index in [1.54, 1.807) is 12.1 Å². The number of alkyl carbamates (subject to hydrolysis) is 1. The van der Waals surface area contributed by atoms with Crippen molar-refractivity contribution in [3.8, 4) is 6.07 Å². The van der Waals surface area contributed by atoms with Gasteiger partial charge in [0.1, 0.15) is 17.5 Å². The normalized spacial score (nSPS) is 22.7. The van der Waals surface area contributed by atoms with Gasteiger partial charge in [-0.05, 0) is 70.5 Å². The minimum absolute atomic E-state index is 0.0596. The minimum atomic E-state index is -0.520. The Kier molecular flexibility index (Phi) is 7.31. The molecule has 0 bridgehead atoms. The molecule has 0 aliphatic carbocycles. The third-order valence-corrected chi connectivity index (χ3v) is 8.35. The van der Waals surface area contributed by atoms with Gasteiger partial charge in [-0.1, -0.05) is 6.07 Å². The SMILES string of the molecule is [2H]c1ccc2c(N3C[C@H](CN4CC(c5ccc(N6CC(C)(NC(=O)OC(C)(C)C)C6)nc5)C4)O[C@H](C)C3)ccc(C#N)c2n1. The maximum Gasteiger partial charge on any atom is 0.408 e. The molecule has 3 fully saturated rings. The van der Waals surface area contributed by atoms with Crippen LogP contribution in [0.5, 0.6) is 0 Å². The van der Waals surface area contributed by atoms with Gasteiger partial charge in [0.15, 0.2) is 0 Å². The Balaban J connectivity index is 1.01. The Morgan fingerprint density at radius 3 is 2.65 bits per heavy atom. The zero-order chi connectivity index (χ0) is 31.2. The van der Waals surface area contributed by atoms with Crippen molar-refractivity contribution in [3.05, 3.63) is 59.9 Å². The van der Waals surface area contributed by atoms with Gasteiger partial charge >= 0.3 is 6.09 Å². The maximum atomic E-state index is 12.2. The summed E-state index contributed by atoms with van der Waals surface area (Å²) in [6.07, 6.45) is 1.89.